The molecule has 0 N–H and O–H groups in total. The van der Waals surface area contributed by atoms with Crippen molar-refractivity contribution in [1.82, 2.24) is 19.1 Å². The molecule has 3 heterocycles. The number of aromatic nitrogens is 4. The molecule has 0 atom stereocenters. The average molecular weight is 563 g/mol. The molecular formula is C40H26N4. The van der Waals surface area contributed by atoms with Crippen molar-refractivity contribution in [1.29, 1.82) is 0 Å². The molecule has 0 bridgehead atoms. The number of nitrogens with zero attached hydrogens (tertiary/aromatic N) is 4. The van der Waals surface area contributed by atoms with Crippen molar-refractivity contribution in [2.45, 2.75) is 0 Å². The highest BCUT2D eigenvalue weighted by molar-refractivity contribution is 6.14. The first-order valence-electron chi connectivity index (χ1n) is 14.9. The van der Waals surface area contributed by atoms with Crippen molar-refractivity contribution in [3.8, 4) is 34.0 Å². The fourth-order valence-electron chi connectivity index (χ4n) is 6.59. The van der Waals surface area contributed by atoms with E-state index in [9.17, 15) is 0 Å². The Morgan fingerprint density at radius 1 is 0.364 bits per heavy atom. The standard InChI is InChI=1S/C40H26N4/c1-3-13-27(14-4-1)38-37-33-19-9-12-22-36(33)44(29-15-5-2-6-16-29)40(37)42-39(41-38)28-23-25-30(26-24-28)43-34-20-10-7-17-31(34)32-18-8-11-21-35(32)43/h1-26H. The minimum Gasteiger partial charge on any atom is -0.309 e. The second kappa shape index (κ2) is 9.79. The summed E-state index contributed by atoms with van der Waals surface area (Å²) >= 11 is 0. The Balaban J connectivity index is 1.29. The van der Waals surface area contributed by atoms with Crippen molar-refractivity contribution in [3.63, 3.8) is 0 Å². The number of para-hydroxylation sites is 4. The summed E-state index contributed by atoms with van der Waals surface area (Å²) in [6, 6.07) is 55.3. The van der Waals surface area contributed by atoms with Crippen LogP contribution in [-0.4, -0.2) is 19.1 Å². The molecule has 4 nitrogen and oxygen atoms in total. The molecule has 0 fully saturated rings. The van der Waals surface area contributed by atoms with Gasteiger partial charge >= 0.3 is 0 Å². The van der Waals surface area contributed by atoms with Gasteiger partial charge in [0.1, 0.15) is 5.65 Å². The first-order valence-corrected chi connectivity index (χ1v) is 14.9. The van der Waals surface area contributed by atoms with Crippen LogP contribution in [0.1, 0.15) is 0 Å². The Labute approximate surface area is 254 Å². The van der Waals surface area contributed by atoms with Crippen LogP contribution in [0.25, 0.3) is 77.8 Å². The normalized spacial score (nSPS) is 11.6. The van der Waals surface area contributed by atoms with Crippen LogP contribution in [0.5, 0.6) is 0 Å². The molecule has 0 saturated heterocycles. The van der Waals surface area contributed by atoms with Gasteiger partial charge < -0.3 is 4.57 Å². The molecule has 206 valence electrons. The van der Waals surface area contributed by atoms with Crippen molar-refractivity contribution >= 4 is 43.7 Å². The highest BCUT2D eigenvalue weighted by atomic mass is 15.1. The number of benzene rings is 6. The fourth-order valence-corrected chi connectivity index (χ4v) is 6.59. The SMILES string of the molecule is c1ccc(-c2nc(-c3ccc(-n4c5ccccc5c5ccccc54)cc3)nc3c2c2ccccc2n3-c2ccccc2)cc1. The lowest BCUT2D eigenvalue weighted by Crippen LogP contribution is -2.00. The van der Waals surface area contributed by atoms with Gasteiger partial charge in [-0.05, 0) is 54.6 Å². The lowest BCUT2D eigenvalue weighted by atomic mass is 10.1. The maximum Gasteiger partial charge on any atom is 0.162 e. The van der Waals surface area contributed by atoms with Gasteiger partial charge in [-0.3, -0.25) is 4.57 Å². The molecule has 0 amide bonds. The third-order valence-electron chi connectivity index (χ3n) is 8.54. The van der Waals surface area contributed by atoms with Gasteiger partial charge in [-0.15, -0.1) is 0 Å². The van der Waals surface area contributed by atoms with Crippen LogP contribution in [0.2, 0.25) is 0 Å². The summed E-state index contributed by atoms with van der Waals surface area (Å²) in [5.74, 6) is 0.699. The Bertz CT molecular complexity index is 2420. The van der Waals surface area contributed by atoms with E-state index in [0.717, 1.165) is 50.1 Å². The third kappa shape index (κ3) is 3.71. The predicted octanol–water partition coefficient (Wildman–Crippen LogP) is 10.0. The van der Waals surface area contributed by atoms with Gasteiger partial charge in [-0.2, -0.15) is 0 Å². The molecule has 0 aliphatic heterocycles. The maximum absolute atomic E-state index is 5.28. The smallest absolute Gasteiger partial charge is 0.162 e. The lowest BCUT2D eigenvalue weighted by molar-refractivity contribution is 1.11. The van der Waals surface area contributed by atoms with E-state index in [1.165, 1.54) is 21.8 Å². The molecule has 6 aromatic carbocycles. The Morgan fingerprint density at radius 2 is 0.864 bits per heavy atom. The van der Waals surface area contributed by atoms with Crippen LogP contribution in [-0.2, 0) is 0 Å². The van der Waals surface area contributed by atoms with E-state index < -0.39 is 0 Å². The molecule has 4 heteroatoms. The lowest BCUT2D eigenvalue weighted by Gasteiger charge is -2.11. The number of hydrogen-bond acceptors (Lipinski definition) is 2. The first-order chi connectivity index (χ1) is 21.8. The quantitative estimate of drug-likeness (QED) is 0.214. The molecule has 0 spiro atoms. The summed E-state index contributed by atoms with van der Waals surface area (Å²) in [6.07, 6.45) is 0. The largest absolute Gasteiger partial charge is 0.309 e. The summed E-state index contributed by atoms with van der Waals surface area (Å²) in [4.78, 5) is 10.5. The fraction of sp³-hybridized carbons (Fsp3) is 0. The van der Waals surface area contributed by atoms with Gasteiger partial charge in [-0.1, -0.05) is 103 Å². The Morgan fingerprint density at radius 3 is 1.50 bits per heavy atom. The van der Waals surface area contributed by atoms with E-state index in [1.807, 2.05) is 12.1 Å². The van der Waals surface area contributed by atoms with Crippen LogP contribution in [0.4, 0.5) is 0 Å². The van der Waals surface area contributed by atoms with Gasteiger partial charge in [0.05, 0.1) is 27.6 Å². The Kier molecular flexibility index (Phi) is 5.47. The highest BCUT2D eigenvalue weighted by Gasteiger charge is 2.21. The zero-order valence-electron chi connectivity index (χ0n) is 23.8. The zero-order valence-corrected chi connectivity index (χ0v) is 23.8. The summed E-state index contributed by atoms with van der Waals surface area (Å²) in [7, 11) is 0. The van der Waals surface area contributed by atoms with Crippen molar-refractivity contribution in [3.05, 3.63) is 158 Å². The van der Waals surface area contributed by atoms with Crippen LogP contribution in [0.15, 0.2) is 158 Å². The van der Waals surface area contributed by atoms with E-state index in [4.69, 9.17) is 9.97 Å². The number of fused-ring (bicyclic) bond motifs is 6. The van der Waals surface area contributed by atoms with Crippen LogP contribution in [0, 0.1) is 0 Å². The minimum absolute atomic E-state index is 0.699. The van der Waals surface area contributed by atoms with E-state index >= 15 is 0 Å². The molecule has 0 aliphatic rings. The van der Waals surface area contributed by atoms with Crippen molar-refractivity contribution in [2.24, 2.45) is 0 Å². The third-order valence-corrected chi connectivity index (χ3v) is 8.54. The summed E-state index contributed by atoms with van der Waals surface area (Å²) in [5.41, 5.74) is 9.54. The topological polar surface area (TPSA) is 35.6 Å². The molecule has 0 saturated carbocycles. The van der Waals surface area contributed by atoms with Crippen LogP contribution >= 0.6 is 0 Å². The molecular weight excluding hydrogens is 536 g/mol. The molecule has 9 aromatic rings. The molecule has 0 aliphatic carbocycles. The van der Waals surface area contributed by atoms with Gasteiger partial charge in [0, 0.05) is 38.7 Å². The summed E-state index contributed by atoms with van der Waals surface area (Å²) in [6.45, 7) is 0. The van der Waals surface area contributed by atoms with Gasteiger partial charge in [0.25, 0.3) is 0 Å². The summed E-state index contributed by atoms with van der Waals surface area (Å²) in [5, 5.41) is 4.70. The predicted molar refractivity (Wildman–Crippen MR) is 182 cm³/mol. The molecule has 0 radical (unpaired) electrons. The molecule has 3 aromatic heterocycles. The first kappa shape index (κ1) is 24.6. The van der Waals surface area contributed by atoms with E-state index in [2.05, 4.69) is 155 Å². The maximum atomic E-state index is 5.28. The van der Waals surface area contributed by atoms with Crippen molar-refractivity contribution in [2.75, 3.05) is 0 Å². The van der Waals surface area contributed by atoms with Gasteiger partial charge in [0.15, 0.2) is 5.82 Å². The minimum atomic E-state index is 0.699. The molecule has 9 rings (SSSR count). The van der Waals surface area contributed by atoms with E-state index in [0.29, 0.717) is 5.82 Å². The van der Waals surface area contributed by atoms with E-state index in [1.54, 1.807) is 0 Å². The number of rotatable bonds is 4. The molecule has 44 heavy (non-hydrogen) atoms. The van der Waals surface area contributed by atoms with E-state index in [-0.39, 0.29) is 0 Å². The van der Waals surface area contributed by atoms with Crippen LogP contribution in [0.3, 0.4) is 0 Å². The Hall–Kier alpha value is -6.00. The second-order valence-electron chi connectivity index (χ2n) is 11.1. The highest BCUT2D eigenvalue weighted by Crippen LogP contribution is 2.38. The number of hydrogen-bond donors (Lipinski definition) is 0. The van der Waals surface area contributed by atoms with Gasteiger partial charge in [0.2, 0.25) is 0 Å². The second-order valence-corrected chi connectivity index (χ2v) is 11.1. The van der Waals surface area contributed by atoms with Crippen molar-refractivity contribution < 1.29 is 0 Å². The monoisotopic (exact) mass is 562 g/mol. The van der Waals surface area contributed by atoms with Crippen LogP contribution < -0.4 is 0 Å². The average Bonchev–Trinajstić information content (AvgIpc) is 3.62. The van der Waals surface area contributed by atoms with Gasteiger partial charge in [-0.25, -0.2) is 9.97 Å². The molecule has 0 unspecified atom stereocenters. The zero-order chi connectivity index (χ0) is 29.0. The summed E-state index contributed by atoms with van der Waals surface area (Å²) < 4.78 is 4.59.